The molecule has 0 spiro atoms. The van der Waals surface area contributed by atoms with Gasteiger partial charge in [-0.05, 0) is 50.3 Å². The van der Waals surface area contributed by atoms with Gasteiger partial charge >= 0.3 is 12.1 Å². The largest absolute Gasteiger partial charge is 0.461 e. The standard InChI is InChI=1S/C14H18INO5/c1-5-20-12(17)10-8-6-19-7-9(8)11(15)16(10)13(18)21-14(2,3)4/h5-7H2,1-4H3. The van der Waals surface area contributed by atoms with Gasteiger partial charge in [0.1, 0.15) is 11.3 Å². The molecule has 7 heteroatoms. The molecule has 0 amide bonds. The molecule has 0 atom stereocenters. The highest BCUT2D eigenvalue weighted by molar-refractivity contribution is 14.1. The van der Waals surface area contributed by atoms with Gasteiger partial charge in [-0.3, -0.25) is 0 Å². The fraction of sp³-hybridized carbons (Fsp3) is 0.571. The summed E-state index contributed by atoms with van der Waals surface area (Å²) in [4.78, 5) is 24.6. The van der Waals surface area contributed by atoms with E-state index in [0.717, 1.165) is 5.56 Å². The lowest BCUT2D eigenvalue weighted by molar-refractivity contribution is 0.0438. The minimum absolute atomic E-state index is 0.211. The molecule has 0 saturated carbocycles. The van der Waals surface area contributed by atoms with E-state index < -0.39 is 17.7 Å². The maximum Gasteiger partial charge on any atom is 0.420 e. The van der Waals surface area contributed by atoms with Gasteiger partial charge in [-0.1, -0.05) is 0 Å². The lowest BCUT2D eigenvalue weighted by Crippen LogP contribution is -2.30. The Hall–Kier alpha value is -1.09. The maximum absolute atomic E-state index is 12.4. The zero-order chi connectivity index (χ0) is 15.8. The Morgan fingerprint density at radius 1 is 1.29 bits per heavy atom. The Kier molecular flexibility index (Phi) is 4.62. The number of fused-ring (bicyclic) bond motifs is 1. The topological polar surface area (TPSA) is 66.8 Å². The number of halogens is 1. The number of ether oxygens (including phenoxy) is 3. The molecule has 0 radical (unpaired) electrons. The second kappa shape index (κ2) is 5.96. The third-order valence-corrected chi connectivity index (χ3v) is 3.99. The van der Waals surface area contributed by atoms with E-state index >= 15 is 0 Å². The summed E-state index contributed by atoms with van der Waals surface area (Å²) in [6.07, 6.45) is -0.579. The molecule has 0 saturated heterocycles. The summed E-state index contributed by atoms with van der Waals surface area (Å²) in [5.41, 5.74) is 1.13. The smallest absolute Gasteiger partial charge is 0.420 e. The fourth-order valence-corrected chi connectivity index (χ4v) is 3.01. The zero-order valence-electron chi connectivity index (χ0n) is 12.5. The Morgan fingerprint density at radius 3 is 2.48 bits per heavy atom. The van der Waals surface area contributed by atoms with Crippen molar-refractivity contribution in [3.63, 3.8) is 0 Å². The summed E-state index contributed by atoms with van der Waals surface area (Å²) in [5.74, 6) is -0.534. The summed E-state index contributed by atoms with van der Waals surface area (Å²) in [7, 11) is 0. The highest BCUT2D eigenvalue weighted by atomic mass is 127. The monoisotopic (exact) mass is 407 g/mol. The van der Waals surface area contributed by atoms with Crippen LogP contribution < -0.4 is 0 Å². The summed E-state index contributed by atoms with van der Waals surface area (Å²) in [6.45, 7) is 7.99. The Labute approximate surface area is 136 Å². The van der Waals surface area contributed by atoms with Crippen LogP contribution in [0.15, 0.2) is 0 Å². The number of carbonyl (C=O) groups excluding carboxylic acids is 2. The van der Waals surface area contributed by atoms with Crippen molar-refractivity contribution in [2.45, 2.75) is 46.5 Å². The maximum atomic E-state index is 12.4. The van der Waals surface area contributed by atoms with E-state index in [9.17, 15) is 9.59 Å². The van der Waals surface area contributed by atoms with E-state index in [4.69, 9.17) is 14.2 Å². The quantitative estimate of drug-likeness (QED) is 0.557. The van der Waals surface area contributed by atoms with Crippen molar-refractivity contribution in [3.8, 4) is 0 Å². The SMILES string of the molecule is CCOC(=O)c1c2c(c(I)n1C(=O)OC(C)(C)C)COC2. The summed E-state index contributed by atoms with van der Waals surface area (Å²) in [6, 6.07) is 0. The van der Waals surface area contributed by atoms with Crippen molar-refractivity contribution in [1.82, 2.24) is 4.57 Å². The van der Waals surface area contributed by atoms with Gasteiger partial charge in [0, 0.05) is 11.1 Å². The van der Waals surface area contributed by atoms with Crippen LogP contribution in [0, 0.1) is 3.70 Å². The Bertz CT molecular complexity index is 585. The van der Waals surface area contributed by atoms with E-state index in [1.165, 1.54) is 4.57 Å². The lowest BCUT2D eigenvalue weighted by Gasteiger charge is -2.21. The predicted octanol–water partition coefficient (Wildman–Crippen LogP) is 3.08. The average Bonchev–Trinajstić information content (AvgIpc) is 2.89. The molecule has 1 aliphatic rings. The highest BCUT2D eigenvalue weighted by Crippen LogP contribution is 2.32. The van der Waals surface area contributed by atoms with Crippen LogP contribution >= 0.6 is 22.6 Å². The molecule has 0 N–H and O–H groups in total. The first-order chi connectivity index (χ1) is 9.76. The molecule has 21 heavy (non-hydrogen) atoms. The number of esters is 1. The first kappa shape index (κ1) is 16.3. The molecule has 1 aliphatic heterocycles. The third-order valence-electron chi connectivity index (χ3n) is 2.86. The van der Waals surface area contributed by atoms with Crippen molar-refractivity contribution >= 4 is 34.7 Å². The summed E-state index contributed by atoms with van der Waals surface area (Å²) in [5, 5.41) is 0. The van der Waals surface area contributed by atoms with Crippen LogP contribution in [0.4, 0.5) is 4.79 Å². The molecule has 1 aromatic rings. The van der Waals surface area contributed by atoms with Gasteiger partial charge < -0.3 is 14.2 Å². The molecule has 1 aromatic heterocycles. The van der Waals surface area contributed by atoms with E-state index in [-0.39, 0.29) is 12.3 Å². The second-order valence-electron chi connectivity index (χ2n) is 5.63. The molecule has 0 fully saturated rings. The van der Waals surface area contributed by atoms with Crippen LogP contribution in [-0.4, -0.2) is 28.8 Å². The molecule has 0 aliphatic carbocycles. The molecule has 2 rings (SSSR count). The van der Waals surface area contributed by atoms with Gasteiger partial charge in [-0.25, -0.2) is 14.2 Å². The number of hydrogen-bond donors (Lipinski definition) is 0. The van der Waals surface area contributed by atoms with Gasteiger partial charge in [0.2, 0.25) is 0 Å². The molecular formula is C14H18INO5. The first-order valence-corrected chi connectivity index (χ1v) is 7.74. The highest BCUT2D eigenvalue weighted by Gasteiger charge is 2.34. The molecule has 0 unspecified atom stereocenters. The Balaban J connectivity index is 2.49. The zero-order valence-corrected chi connectivity index (χ0v) is 14.6. The van der Waals surface area contributed by atoms with Crippen LogP contribution in [0.2, 0.25) is 0 Å². The molecule has 2 heterocycles. The van der Waals surface area contributed by atoms with Crippen molar-refractivity contribution in [1.29, 1.82) is 0 Å². The lowest BCUT2D eigenvalue weighted by atomic mass is 10.2. The summed E-state index contributed by atoms with van der Waals surface area (Å²) < 4.78 is 17.7. The predicted molar refractivity (Wildman–Crippen MR) is 83.2 cm³/mol. The van der Waals surface area contributed by atoms with Gasteiger partial charge in [0.15, 0.2) is 0 Å². The molecule has 116 valence electrons. The van der Waals surface area contributed by atoms with Gasteiger partial charge in [-0.15, -0.1) is 0 Å². The fourth-order valence-electron chi connectivity index (χ4n) is 2.09. The van der Waals surface area contributed by atoms with Crippen molar-refractivity contribution < 1.29 is 23.8 Å². The third kappa shape index (κ3) is 3.23. The van der Waals surface area contributed by atoms with Crippen molar-refractivity contribution in [3.05, 3.63) is 20.5 Å². The van der Waals surface area contributed by atoms with E-state index in [1.54, 1.807) is 27.7 Å². The normalized spacial score (nSPS) is 14.0. The van der Waals surface area contributed by atoms with E-state index in [2.05, 4.69) is 0 Å². The van der Waals surface area contributed by atoms with Gasteiger partial charge in [0.25, 0.3) is 0 Å². The molecule has 0 aromatic carbocycles. The van der Waals surface area contributed by atoms with Crippen molar-refractivity contribution in [2.24, 2.45) is 0 Å². The number of rotatable bonds is 2. The molecule has 6 nitrogen and oxygen atoms in total. The first-order valence-electron chi connectivity index (χ1n) is 6.66. The average molecular weight is 407 g/mol. The molecule has 0 bridgehead atoms. The summed E-state index contributed by atoms with van der Waals surface area (Å²) >= 11 is 2.03. The van der Waals surface area contributed by atoms with Crippen LogP contribution in [0.25, 0.3) is 0 Å². The van der Waals surface area contributed by atoms with Crippen LogP contribution in [0.3, 0.4) is 0 Å². The number of nitrogens with zero attached hydrogens (tertiary/aromatic N) is 1. The van der Waals surface area contributed by atoms with Gasteiger partial charge in [0.05, 0.1) is 23.5 Å². The minimum atomic E-state index is -0.642. The van der Waals surface area contributed by atoms with E-state index in [1.807, 2.05) is 22.6 Å². The van der Waals surface area contributed by atoms with Crippen LogP contribution in [0.1, 0.15) is 49.3 Å². The number of aromatic nitrogens is 1. The minimum Gasteiger partial charge on any atom is -0.461 e. The van der Waals surface area contributed by atoms with Crippen LogP contribution in [0.5, 0.6) is 0 Å². The van der Waals surface area contributed by atoms with Crippen LogP contribution in [-0.2, 0) is 27.4 Å². The van der Waals surface area contributed by atoms with E-state index in [0.29, 0.717) is 22.5 Å². The number of carbonyl (C=O) groups is 2. The van der Waals surface area contributed by atoms with Gasteiger partial charge in [-0.2, -0.15) is 0 Å². The second-order valence-corrected chi connectivity index (χ2v) is 6.65. The molecular weight excluding hydrogens is 389 g/mol. The Morgan fingerprint density at radius 2 is 1.90 bits per heavy atom. The van der Waals surface area contributed by atoms with Crippen molar-refractivity contribution in [2.75, 3.05) is 6.61 Å². The number of hydrogen-bond acceptors (Lipinski definition) is 5.